The fourth-order valence-electron chi connectivity index (χ4n) is 7.06. The van der Waals surface area contributed by atoms with Crippen LogP contribution in [0.5, 0.6) is 0 Å². The molecule has 70 heavy (non-hydrogen) atoms. The predicted octanol–water partition coefficient (Wildman–Crippen LogP) is 14.6. The molecule has 0 heterocycles. The number of quaternary nitrogens is 1. The van der Waals surface area contributed by atoms with Gasteiger partial charge in [0.1, 0.15) is 13.2 Å². The van der Waals surface area contributed by atoms with E-state index in [1.54, 1.807) is 0 Å². The normalized spacial score (nSPS) is 13.7. The first-order chi connectivity index (χ1) is 34.1. The molecule has 0 N–H and O–H groups in total. The molecule has 0 radical (unpaired) electrons. The summed E-state index contributed by atoms with van der Waals surface area (Å²) in [6, 6.07) is 0. The Hall–Kier alpha value is -4.05. The van der Waals surface area contributed by atoms with Gasteiger partial charge in [0.2, 0.25) is 0 Å². The molecule has 0 aliphatic carbocycles. The number of carbonyl (C=O) groups is 3. The van der Waals surface area contributed by atoms with E-state index in [1.165, 1.54) is 64.2 Å². The minimum atomic E-state index is -1.62. The monoisotopic (exact) mass is 976 g/mol. The van der Waals surface area contributed by atoms with Crippen molar-refractivity contribution in [2.24, 2.45) is 0 Å². The molecular formula is C61H101NO8. The lowest BCUT2D eigenvalue weighted by Crippen LogP contribution is -2.44. The van der Waals surface area contributed by atoms with Crippen LogP contribution in [0.2, 0.25) is 0 Å². The Morgan fingerprint density at radius 1 is 0.443 bits per heavy atom. The Balaban J connectivity index is 4.11. The highest BCUT2D eigenvalue weighted by Crippen LogP contribution is 2.14. The van der Waals surface area contributed by atoms with Crippen LogP contribution in [0.15, 0.2) is 109 Å². The first kappa shape index (κ1) is 66.0. The SMILES string of the molecule is CC/C=C\C/C=C\C/C=C\C/C=C\C/C=C\C/C=C\C/C=C\C/C=C\C/C=C\CCCCCCCCCCCC(=O)OC(COC(=O)CCCCCCCCCC)COC(OCC[N+](C)(C)C)C(=O)[O-]. The van der Waals surface area contributed by atoms with Crippen molar-refractivity contribution in [3.63, 3.8) is 0 Å². The maximum atomic E-state index is 12.8. The molecule has 9 nitrogen and oxygen atoms in total. The van der Waals surface area contributed by atoms with Gasteiger partial charge < -0.3 is 33.3 Å². The molecule has 0 aromatic rings. The lowest BCUT2D eigenvalue weighted by atomic mass is 10.1. The summed E-state index contributed by atoms with van der Waals surface area (Å²) in [6.07, 6.45) is 67.3. The highest BCUT2D eigenvalue weighted by molar-refractivity contribution is 5.70. The zero-order valence-electron chi connectivity index (χ0n) is 45.1. The van der Waals surface area contributed by atoms with Crippen LogP contribution in [-0.4, -0.2) is 82.3 Å². The third kappa shape index (κ3) is 51.8. The summed E-state index contributed by atoms with van der Waals surface area (Å²) in [6.45, 7) is 4.57. The van der Waals surface area contributed by atoms with Crippen molar-refractivity contribution in [2.45, 2.75) is 212 Å². The number of carbonyl (C=O) groups excluding carboxylic acids is 3. The van der Waals surface area contributed by atoms with Gasteiger partial charge in [-0.05, 0) is 83.5 Å². The van der Waals surface area contributed by atoms with Crippen molar-refractivity contribution in [1.29, 1.82) is 0 Å². The van der Waals surface area contributed by atoms with Crippen molar-refractivity contribution in [3.8, 4) is 0 Å². The number of likely N-dealkylation sites (N-methyl/N-ethyl adjacent to an activating group) is 1. The zero-order valence-corrected chi connectivity index (χ0v) is 45.1. The van der Waals surface area contributed by atoms with E-state index in [9.17, 15) is 19.5 Å². The number of hydrogen-bond acceptors (Lipinski definition) is 8. The summed E-state index contributed by atoms with van der Waals surface area (Å²) in [5, 5.41) is 11.7. The average molecular weight is 976 g/mol. The first-order valence-corrected chi connectivity index (χ1v) is 27.5. The first-order valence-electron chi connectivity index (χ1n) is 27.5. The molecule has 2 atom stereocenters. The Labute approximate surface area is 428 Å². The third-order valence-electron chi connectivity index (χ3n) is 11.3. The summed E-state index contributed by atoms with van der Waals surface area (Å²) >= 11 is 0. The molecule has 398 valence electrons. The van der Waals surface area contributed by atoms with Crippen molar-refractivity contribution in [1.82, 2.24) is 0 Å². The molecule has 0 aromatic carbocycles. The second kappa shape index (κ2) is 51.3. The van der Waals surface area contributed by atoms with Crippen molar-refractivity contribution >= 4 is 17.9 Å². The van der Waals surface area contributed by atoms with E-state index in [4.69, 9.17) is 18.9 Å². The second-order valence-corrected chi connectivity index (χ2v) is 19.1. The van der Waals surface area contributed by atoms with Gasteiger partial charge in [0.25, 0.3) is 0 Å². The smallest absolute Gasteiger partial charge is 0.306 e. The summed E-state index contributed by atoms with van der Waals surface area (Å²) in [4.78, 5) is 37.0. The fourth-order valence-corrected chi connectivity index (χ4v) is 7.06. The van der Waals surface area contributed by atoms with Crippen molar-refractivity contribution in [2.75, 3.05) is 47.5 Å². The van der Waals surface area contributed by atoms with Crippen LogP contribution in [0, 0.1) is 0 Å². The second-order valence-electron chi connectivity index (χ2n) is 19.1. The van der Waals surface area contributed by atoms with Crippen LogP contribution in [0.4, 0.5) is 0 Å². The number of rotatable bonds is 49. The maximum absolute atomic E-state index is 12.8. The lowest BCUT2D eigenvalue weighted by Gasteiger charge is -2.26. The Bertz CT molecular complexity index is 1510. The standard InChI is InChI=1S/C61H101NO8/c1-6-8-10-12-14-16-17-18-19-20-21-22-23-24-25-26-27-28-29-30-31-32-33-34-35-36-37-38-39-40-41-42-43-44-46-48-50-52-59(64)70-57(56-69-61(60(65)66)67-54-53-62(3,4)5)55-68-58(63)51-49-47-45-15-13-11-9-7-2/h8,10,14,16,18-19,21-22,24-25,27-28,30-31,33-34,36-37,57,61H,6-7,9,11-13,15,17,20,23,26,29,32,35,38-56H2,1-5H3/b10-8-,16-14-,19-18-,22-21-,25-24-,28-27-,31-30-,34-33-,37-36-. The van der Waals surface area contributed by atoms with E-state index < -0.39 is 24.3 Å². The summed E-state index contributed by atoms with van der Waals surface area (Å²) in [5.41, 5.74) is 0. The number of ether oxygens (including phenoxy) is 4. The highest BCUT2D eigenvalue weighted by atomic mass is 16.7. The highest BCUT2D eigenvalue weighted by Gasteiger charge is 2.22. The number of nitrogens with zero attached hydrogens (tertiary/aromatic N) is 1. The average Bonchev–Trinajstić information content (AvgIpc) is 3.33. The van der Waals surface area contributed by atoms with E-state index in [0.717, 1.165) is 103 Å². The quantitative estimate of drug-likeness (QED) is 0.0195. The van der Waals surface area contributed by atoms with E-state index in [1.807, 2.05) is 21.1 Å². The Kier molecular flexibility index (Phi) is 48.3. The molecule has 0 saturated heterocycles. The van der Waals surface area contributed by atoms with Gasteiger partial charge in [-0.25, -0.2) is 0 Å². The Morgan fingerprint density at radius 3 is 1.21 bits per heavy atom. The van der Waals surface area contributed by atoms with Crippen LogP contribution in [0.3, 0.4) is 0 Å². The van der Waals surface area contributed by atoms with E-state index in [0.29, 0.717) is 17.4 Å². The summed E-state index contributed by atoms with van der Waals surface area (Å²) < 4.78 is 22.5. The van der Waals surface area contributed by atoms with Gasteiger partial charge in [0, 0.05) is 12.8 Å². The molecule has 2 unspecified atom stereocenters. The third-order valence-corrected chi connectivity index (χ3v) is 11.3. The summed E-state index contributed by atoms with van der Waals surface area (Å²) in [7, 11) is 5.90. The van der Waals surface area contributed by atoms with Gasteiger partial charge in [0.05, 0.1) is 40.3 Å². The van der Waals surface area contributed by atoms with Crippen molar-refractivity contribution in [3.05, 3.63) is 109 Å². The zero-order chi connectivity index (χ0) is 51.3. The van der Waals surface area contributed by atoms with Crippen LogP contribution in [0.1, 0.15) is 200 Å². The molecule has 0 rings (SSSR count). The number of aliphatic carboxylic acids is 1. The number of carboxylic acid groups (broad SMARTS) is 1. The van der Waals surface area contributed by atoms with Crippen LogP contribution in [0.25, 0.3) is 0 Å². The maximum Gasteiger partial charge on any atom is 0.306 e. The van der Waals surface area contributed by atoms with Crippen molar-refractivity contribution < 1.29 is 42.9 Å². The number of hydrogen-bond donors (Lipinski definition) is 0. The molecule has 0 aliphatic rings. The minimum Gasteiger partial charge on any atom is -0.545 e. The summed E-state index contributed by atoms with van der Waals surface area (Å²) in [5.74, 6) is -2.31. The molecule has 0 bridgehead atoms. The molecule has 0 fully saturated rings. The molecule has 0 saturated carbocycles. The van der Waals surface area contributed by atoms with Gasteiger partial charge in [-0.3, -0.25) is 9.59 Å². The molecule has 0 amide bonds. The van der Waals surface area contributed by atoms with E-state index in [2.05, 4.69) is 123 Å². The van der Waals surface area contributed by atoms with Gasteiger partial charge >= 0.3 is 11.9 Å². The largest absolute Gasteiger partial charge is 0.545 e. The number of esters is 2. The molecule has 0 aliphatic heterocycles. The van der Waals surface area contributed by atoms with Gasteiger partial charge in [-0.1, -0.05) is 213 Å². The topological polar surface area (TPSA) is 111 Å². The molecule has 0 aromatic heterocycles. The van der Waals surface area contributed by atoms with Gasteiger partial charge in [0.15, 0.2) is 12.4 Å². The van der Waals surface area contributed by atoms with E-state index in [-0.39, 0.29) is 38.6 Å². The minimum absolute atomic E-state index is 0.142. The van der Waals surface area contributed by atoms with Crippen LogP contribution in [-0.2, 0) is 33.3 Å². The molecule has 9 heteroatoms. The number of unbranched alkanes of at least 4 members (excludes halogenated alkanes) is 16. The number of carboxylic acids is 1. The van der Waals surface area contributed by atoms with Gasteiger partial charge in [-0.2, -0.15) is 0 Å². The Morgan fingerprint density at radius 2 is 0.814 bits per heavy atom. The molecular weight excluding hydrogens is 875 g/mol. The predicted molar refractivity (Wildman–Crippen MR) is 292 cm³/mol. The number of allylic oxidation sites excluding steroid dienone is 18. The van der Waals surface area contributed by atoms with Crippen LogP contribution < -0.4 is 5.11 Å². The van der Waals surface area contributed by atoms with Crippen LogP contribution >= 0.6 is 0 Å². The van der Waals surface area contributed by atoms with Gasteiger partial charge in [-0.15, -0.1) is 0 Å². The lowest BCUT2D eigenvalue weighted by molar-refractivity contribution is -0.870. The fraction of sp³-hybridized carbons (Fsp3) is 0.656. The molecule has 0 spiro atoms. The van der Waals surface area contributed by atoms with E-state index >= 15 is 0 Å².